The van der Waals surface area contributed by atoms with Crippen LogP contribution in [-0.4, -0.2) is 37.2 Å². The molecule has 2 N–H and O–H groups in total. The molecule has 0 radical (unpaired) electrons. The Bertz CT molecular complexity index is 441. The minimum Gasteiger partial charge on any atom is -0.378 e. The third kappa shape index (κ3) is 3.65. The molecule has 0 spiro atoms. The molecule has 1 saturated heterocycles. The fourth-order valence-electron chi connectivity index (χ4n) is 3.80. The number of fused-ring (bicyclic) bond motifs is 1. The molecular weight excluding hydrogens is 260 g/mol. The molecule has 1 aromatic carbocycles. The van der Waals surface area contributed by atoms with Crippen LogP contribution in [0.15, 0.2) is 24.3 Å². The summed E-state index contributed by atoms with van der Waals surface area (Å²) in [5.74, 6) is 0. The summed E-state index contributed by atoms with van der Waals surface area (Å²) in [5.41, 5.74) is 8.66. The summed E-state index contributed by atoms with van der Waals surface area (Å²) in [6.07, 6.45) is 7.67. The van der Waals surface area contributed by atoms with Crippen molar-refractivity contribution in [1.29, 1.82) is 0 Å². The first kappa shape index (κ1) is 15.0. The van der Waals surface area contributed by atoms with Gasteiger partial charge in [-0.15, -0.1) is 0 Å². The summed E-state index contributed by atoms with van der Waals surface area (Å²) < 4.78 is 5.92. The van der Waals surface area contributed by atoms with E-state index in [1.807, 2.05) is 0 Å². The lowest BCUT2D eigenvalue weighted by Gasteiger charge is -2.40. The van der Waals surface area contributed by atoms with Crippen molar-refractivity contribution < 1.29 is 4.74 Å². The Hall–Kier alpha value is -0.900. The molecule has 0 bridgehead atoms. The predicted molar refractivity (Wildman–Crippen MR) is 86.3 cm³/mol. The van der Waals surface area contributed by atoms with Gasteiger partial charge >= 0.3 is 0 Å². The van der Waals surface area contributed by atoms with Gasteiger partial charge in [-0.3, -0.25) is 4.90 Å². The van der Waals surface area contributed by atoms with Gasteiger partial charge in [0.1, 0.15) is 0 Å². The first-order valence-corrected chi connectivity index (χ1v) is 8.52. The molecule has 3 rings (SSSR count). The van der Waals surface area contributed by atoms with Gasteiger partial charge in [-0.05, 0) is 56.2 Å². The number of hydrogen-bond donors (Lipinski definition) is 1. The normalized spacial score (nSPS) is 24.0. The third-order valence-electron chi connectivity index (χ3n) is 4.96. The number of benzene rings is 1. The van der Waals surface area contributed by atoms with Crippen molar-refractivity contribution in [3.05, 3.63) is 35.4 Å². The average molecular weight is 288 g/mol. The van der Waals surface area contributed by atoms with Crippen molar-refractivity contribution >= 4 is 0 Å². The van der Waals surface area contributed by atoms with Crippen molar-refractivity contribution in [3.63, 3.8) is 0 Å². The van der Waals surface area contributed by atoms with E-state index in [-0.39, 0.29) is 0 Å². The lowest BCUT2D eigenvalue weighted by molar-refractivity contribution is -0.00429. The van der Waals surface area contributed by atoms with Crippen LogP contribution in [0.4, 0.5) is 0 Å². The molecule has 1 aliphatic heterocycles. The molecule has 0 aromatic heterocycles. The maximum absolute atomic E-state index is 5.92. The fourth-order valence-corrected chi connectivity index (χ4v) is 3.80. The van der Waals surface area contributed by atoms with Gasteiger partial charge in [-0.2, -0.15) is 0 Å². The monoisotopic (exact) mass is 288 g/mol. The molecule has 0 saturated carbocycles. The molecule has 1 fully saturated rings. The largest absolute Gasteiger partial charge is 0.378 e. The number of nitrogens with zero attached hydrogens (tertiary/aromatic N) is 1. The van der Waals surface area contributed by atoms with E-state index in [0.717, 1.165) is 19.6 Å². The van der Waals surface area contributed by atoms with Crippen LogP contribution in [0.5, 0.6) is 0 Å². The van der Waals surface area contributed by atoms with Gasteiger partial charge < -0.3 is 10.5 Å². The lowest BCUT2D eigenvalue weighted by atomic mass is 9.86. The Kier molecular flexibility index (Phi) is 5.28. The van der Waals surface area contributed by atoms with Crippen LogP contribution in [0, 0.1) is 0 Å². The van der Waals surface area contributed by atoms with Crippen LogP contribution >= 0.6 is 0 Å². The summed E-state index contributed by atoms with van der Waals surface area (Å²) in [6.45, 7) is 3.91. The molecule has 21 heavy (non-hydrogen) atoms. The van der Waals surface area contributed by atoms with Gasteiger partial charge in [0.2, 0.25) is 0 Å². The molecule has 1 heterocycles. The zero-order valence-electron chi connectivity index (χ0n) is 13.0. The van der Waals surface area contributed by atoms with E-state index in [1.165, 1.54) is 45.2 Å². The summed E-state index contributed by atoms with van der Waals surface area (Å²) in [4.78, 5) is 2.68. The Labute approximate surface area is 128 Å². The number of ether oxygens (including phenoxy) is 1. The fraction of sp³-hybridized carbons (Fsp3) is 0.667. The van der Waals surface area contributed by atoms with E-state index in [9.17, 15) is 0 Å². The summed E-state index contributed by atoms with van der Waals surface area (Å²) in [6, 6.07) is 9.66. The van der Waals surface area contributed by atoms with Crippen LogP contribution in [0.3, 0.4) is 0 Å². The predicted octanol–water partition coefficient (Wildman–Crippen LogP) is 2.89. The number of piperidine rings is 1. The molecule has 116 valence electrons. The molecular formula is C18H28N2O. The average Bonchev–Trinajstić information content (AvgIpc) is 2.55. The van der Waals surface area contributed by atoms with E-state index in [1.54, 1.807) is 11.1 Å². The second-order valence-corrected chi connectivity index (χ2v) is 6.36. The number of hydrogen-bond acceptors (Lipinski definition) is 3. The van der Waals surface area contributed by atoms with Crippen LogP contribution in [-0.2, 0) is 11.2 Å². The van der Waals surface area contributed by atoms with E-state index in [4.69, 9.17) is 10.5 Å². The molecule has 1 unspecified atom stereocenters. The van der Waals surface area contributed by atoms with Gasteiger partial charge in [-0.1, -0.05) is 24.3 Å². The number of rotatable bonds is 5. The van der Waals surface area contributed by atoms with Crippen LogP contribution < -0.4 is 5.73 Å². The summed E-state index contributed by atoms with van der Waals surface area (Å²) in [7, 11) is 0. The van der Waals surface area contributed by atoms with Crippen molar-refractivity contribution in [2.45, 2.75) is 50.7 Å². The zero-order chi connectivity index (χ0) is 14.5. The highest BCUT2D eigenvalue weighted by atomic mass is 16.5. The maximum Gasteiger partial charge on any atom is 0.0599 e. The highest BCUT2D eigenvalue weighted by Crippen LogP contribution is 2.35. The van der Waals surface area contributed by atoms with Crippen molar-refractivity contribution in [2.24, 2.45) is 5.73 Å². The Balaban J connectivity index is 1.55. The molecule has 1 aliphatic carbocycles. The molecule has 0 amide bonds. The van der Waals surface area contributed by atoms with Crippen molar-refractivity contribution in [2.75, 3.05) is 26.2 Å². The van der Waals surface area contributed by atoms with Gasteiger partial charge in [0, 0.05) is 25.7 Å². The Morgan fingerprint density at radius 1 is 1.14 bits per heavy atom. The van der Waals surface area contributed by atoms with Crippen LogP contribution in [0.1, 0.15) is 49.3 Å². The molecule has 1 aromatic rings. The minimum absolute atomic E-state index is 0.451. The molecule has 3 nitrogen and oxygen atoms in total. The maximum atomic E-state index is 5.92. The van der Waals surface area contributed by atoms with Gasteiger partial charge in [-0.25, -0.2) is 0 Å². The van der Waals surface area contributed by atoms with Gasteiger partial charge in [0.25, 0.3) is 0 Å². The molecule has 2 aliphatic rings. The first-order chi connectivity index (χ1) is 10.4. The van der Waals surface area contributed by atoms with E-state index in [2.05, 4.69) is 29.2 Å². The lowest BCUT2D eigenvalue weighted by Crippen LogP contribution is -2.40. The third-order valence-corrected chi connectivity index (χ3v) is 4.96. The Morgan fingerprint density at radius 2 is 1.95 bits per heavy atom. The van der Waals surface area contributed by atoms with Crippen LogP contribution in [0.25, 0.3) is 0 Å². The first-order valence-electron chi connectivity index (χ1n) is 8.52. The number of likely N-dealkylation sites (tertiary alicyclic amines) is 1. The second kappa shape index (κ2) is 7.39. The highest BCUT2D eigenvalue weighted by Gasteiger charge is 2.29. The minimum atomic E-state index is 0.451. The summed E-state index contributed by atoms with van der Waals surface area (Å²) >= 11 is 0. The van der Waals surface area contributed by atoms with E-state index < -0.39 is 0 Å². The quantitative estimate of drug-likeness (QED) is 0.847. The Morgan fingerprint density at radius 3 is 2.76 bits per heavy atom. The van der Waals surface area contributed by atoms with Crippen molar-refractivity contribution in [3.8, 4) is 0 Å². The van der Waals surface area contributed by atoms with Gasteiger partial charge in [0.05, 0.1) is 6.10 Å². The van der Waals surface area contributed by atoms with Gasteiger partial charge in [0.15, 0.2) is 0 Å². The summed E-state index contributed by atoms with van der Waals surface area (Å²) in [5, 5.41) is 0. The van der Waals surface area contributed by atoms with Crippen LogP contribution in [0.2, 0.25) is 0 Å². The standard InChI is InChI=1S/C18H28N2O/c19-11-4-14-21-16-9-12-20(13-10-16)18-8-3-6-15-5-1-2-7-17(15)18/h1-2,5,7,16,18H,3-4,6,8-14,19H2. The zero-order valence-corrected chi connectivity index (χ0v) is 13.0. The van der Waals surface area contributed by atoms with E-state index >= 15 is 0 Å². The second-order valence-electron chi connectivity index (χ2n) is 6.36. The highest BCUT2D eigenvalue weighted by molar-refractivity contribution is 5.32. The molecule has 1 atom stereocenters. The van der Waals surface area contributed by atoms with E-state index in [0.29, 0.717) is 12.1 Å². The number of aryl methyl sites for hydroxylation is 1. The smallest absolute Gasteiger partial charge is 0.0599 e. The molecule has 3 heteroatoms. The number of nitrogens with two attached hydrogens (primary N) is 1. The SMILES string of the molecule is NCCCOC1CCN(C2CCCc3ccccc32)CC1. The van der Waals surface area contributed by atoms with Crippen molar-refractivity contribution in [1.82, 2.24) is 4.90 Å². The topological polar surface area (TPSA) is 38.5 Å².